The standard InChI is InChI=1S/C23H21FN2O6/c1-30-17-10-19(32-3)18(31-2)8-14(17)15-9-20(27)25-21-16(23(28)29)11-26(22(15)21)13-6-4-5-12(24)7-13/h4-8,10-11,15H,9H2,1-3H3,(H,25,27)(H,28,29). The van der Waals surface area contributed by atoms with Crippen molar-refractivity contribution < 1.29 is 33.3 Å². The van der Waals surface area contributed by atoms with E-state index >= 15 is 0 Å². The summed E-state index contributed by atoms with van der Waals surface area (Å²) >= 11 is 0. The molecule has 9 heteroatoms. The number of aromatic nitrogens is 1. The molecule has 4 rings (SSSR count). The number of anilines is 1. The maximum atomic E-state index is 14.0. The minimum Gasteiger partial charge on any atom is -0.496 e. The van der Waals surface area contributed by atoms with Gasteiger partial charge >= 0.3 is 5.97 Å². The number of carboxylic acids is 1. The molecular weight excluding hydrogens is 419 g/mol. The van der Waals surface area contributed by atoms with E-state index in [1.165, 1.54) is 45.7 Å². The molecule has 1 aliphatic rings. The van der Waals surface area contributed by atoms with Gasteiger partial charge in [-0.05, 0) is 24.3 Å². The molecule has 0 aliphatic carbocycles. The van der Waals surface area contributed by atoms with E-state index in [2.05, 4.69) is 5.32 Å². The van der Waals surface area contributed by atoms with Gasteiger partial charge in [-0.1, -0.05) is 6.07 Å². The molecule has 32 heavy (non-hydrogen) atoms. The molecule has 0 fully saturated rings. The first-order valence-corrected chi connectivity index (χ1v) is 9.72. The highest BCUT2D eigenvalue weighted by Gasteiger charge is 2.36. The van der Waals surface area contributed by atoms with Crippen LogP contribution in [0.3, 0.4) is 0 Å². The molecule has 2 N–H and O–H groups in total. The van der Waals surface area contributed by atoms with Crippen molar-refractivity contribution in [2.45, 2.75) is 12.3 Å². The van der Waals surface area contributed by atoms with Crippen LogP contribution in [0, 0.1) is 5.82 Å². The molecule has 2 aromatic carbocycles. The average molecular weight is 440 g/mol. The van der Waals surface area contributed by atoms with Gasteiger partial charge in [0.1, 0.15) is 17.1 Å². The smallest absolute Gasteiger partial charge is 0.339 e. The molecule has 0 saturated carbocycles. The second-order valence-electron chi connectivity index (χ2n) is 7.21. The Labute approximate surface area is 183 Å². The molecule has 3 aromatic rings. The maximum Gasteiger partial charge on any atom is 0.339 e. The molecule has 0 spiro atoms. The summed E-state index contributed by atoms with van der Waals surface area (Å²) in [7, 11) is 4.48. The molecule has 166 valence electrons. The Hall–Kier alpha value is -4.01. The number of nitrogens with one attached hydrogen (secondary N) is 1. The molecule has 1 atom stereocenters. The van der Waals surface area contributed by atoms with Gasteiger partial charge in [-0.2, -0.15) is 0 Å². The third-order valence-electron chi connectivity index (χ3n) is 5.46. The number of amides is 1. The van der Waals surface area contributed by atoms with Crippen molar-refractivity contribution >= 4 is 17.6 Å². The molecule has 0 bridgehead atoms. The van der Waals surface area contributed by atoms with Crippen LogP contribution in [0.5, 0.6) is 17.2 Å². The number of benzene rings is 2. The van der Waals surface area contributed by atoms with Gasteiger partial charge in [-0.3, -0.25) is 4.79 Å². The highest BCUT2D eigenvalue weighted by Crippen LogP contribution is 2.47. The van der Waals surface area contributed by atoms with Crippen molar-refractivity contribution in [3.05, 3.63) is 65.2 Å². The van der Waals surface area contributed by atoms with E-state index in [1.54, 1.807) is 22.8 Å². The summed E-state index contributed by atoms with van der Waals surface area (Å²) in [6, 6.07) is 9.14. The largest absolute Gasteiger partial charge is 0.496 e. The first-order valence-electron chi connectivity index (χ1n) is 9.72. The summed E-state index contributed by atoms with van der Waals surface area (Å²) in [5.41, 5.74) is 1.60. The summed E-state index contributed by atoms with van der Waals surface area (Å²) in [5, 5.41) is 12.4. The van der Waals surface area contributed by atoms with Gasteiger partial charge in [0, 0.05) is 35.9 Å². The van der Waals surface area contributed by atoms with Crippen LogP contribution >= 0.6 is 0 Å². The quantitative estimate of drug-likeness (QED) is 0.605. The van der Waals surface area contributed by atoms with Crippen molar-refractivity contribution in [3.8, 4) is 22.9 Å². The van der Waals surface area contributed by atoms with Crippen LogP contribution < -0.4 is 19.5 Å². The highest BCUT2D eigenvalue weighted by molar-refractivity contribution is 6.04. The van der Waals surface area contributed by atoms with E-state index in [-0.39, 0.29) is 23.6 Å². The Kier molecular flexibility index (Phi) is 5.48. The van der Waals surface area contributed by atoms with Gasteiger partial charge < -0.3 is 29.2 Å². The van der Waals surface area contributed by atoms with Crippen LogP contribution in [0.2, 0.25) is 0 Å². The maximum absolute atomic E-state index is 14.0. The number of carboxylic acid groups (broad SMARTS) is 1. The summed E-state index contributed by atoms with van der Waals surface area (Å²) in [6.45, 7) is 0. The predicted octanol–water partition coefficient (Wildman–Crippen LogP) is 3.81. The molecule has 1 aliphatic heterocycles. The Morgan fingerprint density at radius 1 is 1.09 bits per heavy atom. The number of hydrogen-bond donors (Lipinski definition) is 2. The molecule has 1 amide bonds. The zero-order valence-corrected chi connectivity index (χ0v) is 17.6. The number of carbonyl (C=O) groups excluding carboxylic acids is 1. The molecule has 8 nitrogen and oxygen atoms in total. The number of ether oxygens (including phenoxy) is 3. The zero-order valence-electron chi connectivity index (χ0n) is 17.6. The topological polar surface area (TPSA) is 99.0 Å². The van der Waals surface area contributed by atoms with Gasteiger partial charge in [-0.15, -0.1) is 0 Å². The number of fused-ring (bicyclic) bond motifs is 1. The molecular formula is C23H21FN2O6. The van der Waals surface area contributed by atoms with Gasteiger partial charge in [0.2, 0.25) is 5.91 Å². The lowest BCUT2D eigenvalue weighted by Gasteiger charge is -2.28. The van der Waals surface area contributed by atoms with Gasteiger partial charge in [0.25, 0.3) is 0 Å². The second-order valence-corrected chi connectivity index (χ2v) is 7.21. The highest BCUT2D eigenvalue weighted by atomic mass is 19.1. The van der Waals surface area contributed by atoms with E-state index < -0.39 is 17.7 Å². The van der Waals surface area contributed by atoms with Crippen LogP contribution in [0.1, 0.15) is 34.0 Å². The fourth-order valence-electron chi connectivity index (χ4n) is 4.05. The minimum atomic E-state index is -1.21. The predicted molar refractivity (Wildman–Crippen MR) is 114 cm³/mol. The van der Waals surface area contributed by atoms with Crippen LogP contribution in [0.15, 0.2) is 42.6 Å². The van der Waals surface area contributed by atoms with Gasteiger partial charge in [0.05, 0.1) is 32.7 Å². The number of carbonyl (C=O) groups is 2. The fourth-order valence-corrected chi connectivity index (χ4v) is 4.05. The Morgan fingerprint density at radius 2 is 1.78 bits per heavy atom. The second kappa shape index (κ2) is 8.26. The lowest BCUT2D eigenvalue weighted by atomic mass is 9.87. The number of nitrogens with zero attached hydrogens (tertiary/aromatic N) is 1. The van der Waals surface area contributed by atoms with Crippen molar-refractivity contribution in [2.24, 2.45) is 0 Å². The number of halogens is 1. The fraction of sp³-hybridized carbons (Fsp3) is 0.217. The van der Waals surface area contributed by atoms with E-state index in [9.17, 15) is 19.1 Å². The van der Waals surface area contributed by atoms with Gasteiger partial charge in [-0.25, -0.2) is 9.18 Å². The van der Waals surface area contributed by atoms with E-state index in [0.29, 0.717) is 34.2 Å². The normalized spacial score (nSPS) is 15.0. The first-order chi connectivity index (χ1) is 15.4. The lowest BCUT2D eigenvalue weighted by Crippen LogP contribution is -2.26. The summed E-state index contributed by atoms with van der Waals surface area (Å²) in [5.74, 6) is -1.31. The van der Waals surface area contributed by atoms with Crippen LogP contribution in [-0.4, -0.2) is 42.9 Å². The number of methoxy groups -OCH3 is 3. The monoisotopic (exact) mass is 440 g/mol. The first kappa shape index (κ1) is 21.2. The van der Waals surface area contributed by atoms with Crippen molar-refractivity contribution in [1.82, 2.24) is 4.57 Å². The summed E-state index contributed by atoms with van der Waals surface area (Å²) < 4.78 is 31.9. The van der Waals surface area contributed by atoms with Crippen molar-refractivity contribution in [1.29, 1.82) is 0 Å². The van der Waals surface area contributed by atoms with Gasteiger partial charge in [0.15, 0.2) is 11.5 Å². The van der Waals surface area contributed by atoms with E-state index in [0.717, 1.165) is 0 Å². The molecule has 1 unspecified atom stereocenters. The Bertz CT molecular complexity index is 1220. The van der Waals surface area contributed by atoms with E-state index in [1.807, 2.05) is 0 Å². The Balaban J connectivity index is 2.01. The minimum absolute atomic E-state index is 0.0250. The number of aromatic carboxylic acids is 1. The Morgan fingerprint density at radius 3 is 2.41 bits per heavy atom. The molecule has 0 radical (unpaired) electrons. The van der Waals surface area contributed by atoms with Crippen LogP contribution in [-0.2, 0) is 4.79 Å². The molecule has 1 aromatic heterocycles. The van der Waals surface area contributed by atoms with Crippen molar-refractivity contribution in [2.75, 3.05) is 26.6 Å². The van der Waals surface area contributed by atoms with Crippen LogP contribution in [0.4, 0.5) is 10.1 Å². The molecule has 2 heterocycles. The number of hydrogen-bond acceptors (Lipinski definition) is 5. The molecule has 0 saturated heterocycles. The SMILES string of the molecule is COc1cc(OC)c(C2CC(=O)Nc3c(C(=O)O)cn(-c4cccc(F)c4)c32)cc1OC. The third kappa shape index (κ3) is 3.51. The average Bonchev–Trinajstić information content (AvgIpc) is 3.17. The van der Waals surface area contributed by atoms with Crippen molar-refractivity contribution in [3.63, 3.8) is 0 Å². The third-order valence-corrected chi connectivity index (χ3v) is 5.46. The zero-order chi connectivity index (χ0) is 23.0. The lowest BCUT2D eigenvalue weighted by molar-refractivity contribution is -0.116. The summed E-state index contributed by atoms with van der Waals surface area (Å²) in [6.07, 6.45) is 1.41. The van der Waals surface area contributed by atoms with E-state index in [4.69, 9.17) is 14.2 Å². The van der Waals surface area contributed by atoms with Crippen LogP contribution in [0.25, 0.3) is 5.69 Å². The summed E-state index contributed by atoms with van der Waals surface area (Å²) in [4.78, 5) is 24.5. The number of rotatable bonds is 6.